The van der Waals surface area contributed by atoms with Gasteiger partial charge < -0.3 is 14.7 Å². The molecular formula is C12H13N3O2. The van der Waals surface area contributed by atoms with Crippen LogP contribution in [-0.4, -0.2) is 25.2 Å². The first kappa shape index (κ1) is 11.2. The van der Waals surface area contributed by atoms with Crippen molar-refractivity contribution in [2.24, 2.45) is 0 Å². The van der Waals surface area contributed by atoms with Crippen molar-refractivity contribution in [1.82, 2.24) is 5.16 Å². The quantitative estimate of drug-likeness (QED) is 0.877. The lowest BCUT2D eigenvalue weighted by atomic mass is 10.2. The molecule has 0 spiro atoms. The van der Waals surface area contributed by atoms with E-state index in [0.717, 1.165) is 11.4 Å². The van der Waals surface area contributed by atoms with Crippen LogP contribution in [-0.2, 0) is 0 Å². The largest absolute Gasteiger partial charge is 0.378 e. The number of aromatic nitrogens is 1. The Morgan fingerprint density at radius 3 is 2.82 bits per heavy atom. The van der Waals surface area contributed by atoms with Gasteiger partial charge >= 0.3 is 0 Å². The van der Waals surface area contributed by atoms with Gasteiger partial charge in [-0.25, -0.2) is 0 Å². The number of amides is 1. The molecule has 0 aliphatic heterocycles. The van der Waals surface area contributed by atoms with E-state index in [1.807, 2.05) is 43.3 Å². The smallest absolute Gasteiger partial charge is 0.294 e. The fourth-order valence-corrected chi connectivity index (χ4v) is 1.39. The van der Waals surface area contributed by atoms with Gasteiger partial charge in [-0.15, -0.1) is 0 Å². The van der Waals surface area contributed by atoms with Gasteiger partial charge in [0.1, 0.15) is 0 Å². The first-order valence-corrected chi connectivity index (χ1v) is 5.16. The van der Waals surface area contributed by atoms with E-state index in [1.165, 1.54) is 12.3 Å². The molecule has 0 fully saturated rings. The average molecular weight is 231 g/mol. The molecule has 0 radical (unpaired) electrons. The Labute approximate surface area is 99.0 Å². The van der Waals surface area contributed by atoms with E-state index < -0.39 is 0 Å². The molecule has 0 saturated carbocycles. The summed E-state index contributed by atoms with van der Waals surface area (Å²) in [5.74, 6) is -0.112. The van der Waals surface area contributed by atoms with E-state index in [0.29, 0.717) is 0 Å². The fraction of sp³-hybridized carbons (Fsp3) is 0.167. The van der Waals surface area contributed by atoms with Crippen molar-refractivity contribution >= 4 is 17.3 Å². The summed E-state index contributed by atoms with van der Waals surface area (Å²) in [4.78, 5) is 13.7. The van der Waals surface area contributed by atoms with Crippen molar-refractivity contribution in [2.45, 2.75) is 0 Å². The number of nitrogens with one attached hydrogen (secondary N) is 1. The number of hydrogen-bond acceptors (Lipinski definition) is 4. The standard InChI is InChI=1S/C12H13N3O2/c1-15(2)10-5-3-4-9(8-10)14-12(16)11-6-7-13-17-11/h3-8H,1-2H3,(H,14,16). The number of benzene rings is 1. The first-order valence-electron chi connectivity index (χ1n) is 5.16. The zero-order valence-corrected chi connectivity index (χ0v) is 9.68. The maximum atomic E-state index is 11.7. The van der Waals surface area contributed by atoms with Crippen molar-refractivity contribution in [3.8, 4) is 0 Å². The second-order valence-corrected chi connectivity index (χ2v) is 3.78. The Bertz CT molecular complexity index is 506. The lowest BCUT2D eigenvalue weighted by Gasteiger charge is -2.13. The number of carbonyl (C=O) groups is 1. The third-order valence-electron chi connectivity index (χ3n) is 2.28. The van der Waals surface area contributed by atoms with Gasteiger partial charge in [0.25, 0.3) is 5.91 Å². The minimum atomic E-state index is -0.307. The SMILES string of the molecule is CN(C)c1cccc(NC(=O)c2ccno2)c1. The molecule has 5 nitrogen and oxygen atoms in total. The maximum absolute atomic E-state index is 11.7. The van der Waals surface area contributed by atoms with Crippen molar-refractivity contribution < 1.29 is 9.32 Å². The van der Waals surface area contributed by atoms with Crippen molar-refractivity contribution in [3.63, 3.8) is 0 Å². The molecule has 0 aliphatic rings. The van der Waals surface area contributed by atoms with Gasteiger partial charge in [0.2, 0.25) is 5.76 Å². The van der Waals surface area contributed by atoms with Crippen LogP contribution in [0.4, 0.5) is 11.4 Å². The molecule has 0 unspecified atom stereocenters. The Morgan fingerprint density at radius 1 is 1.35 bits per heavy atom. The fourth-order valence-electron chi connectivity index (χ4n) is 1.39. The van der Waals surface area contributed by atoms with Gasteiger partial charge in [0.05, 0.1) is 6.20 Å². The van der Waals surface area contributed by atoms with Gasteiger partial charge in [-0.1, -0.05) is 11.2 Å². The average Bonchev–Trinajstić information content (AvgIpc) is 2.82. The second kappa shape index (κ2) is 4.69. The highest BCUT2D eigenvalue weighted by atomic mass is 16.5. The molecule has 2 rings (SSSR count). The van der Waals surface area contributed by atoms with E-state index in [1.54, 1.807) is 0 Å². The van der Waals surface area contributed by atoms with E-state index in [-0.39, 0.29) is 11.7 Å². The third-order valence-corrected chi connectivity index (χ3v) is 2.28. The number of hydrogen-bond donors (Lipinski definition) is 1. The molecule has 5 heteroatoms. The zero-order chi connectivity index (χ0) is 12.3. The van der Waals surface area contributed by atoms with E-state index in [2.05, 4.69) is 10.5 Å². The topological polar surface area (TPSA) is 58.4 Å². The summed E-state index contributed by atoms with van der Waals surface area (Å²) < 4.78 is 4.77. The zero-order valence-electron chi connectivity index (χ0n) is 9.68. The molecule has 17 heavy (non-hydrogen) atoms. The lowest BCUT2D eigenvalue weighted by Crippen LogP contribution is -2.12. The minimum absolute atomic E-state index is 0.195. The highest BCUT2D eigenvalue weighted by Gasteiger charge is 2.09. The van der Waals surface area contributed by atoms with Crippen LogP contribution in [0.25, 0.3) is 0 Å². The van der Waals surface area contributed by atoms with Crippen LogP contribution in [0, 0.1) is 0 Å². The van der Waals surface area contributed by atoms with Gasteiger partial charge in [0.15, 0.2) is 0 Å². The van der Waals surface area contributed by atoms with Crippen LogP contribution in [0.3, 0.4) is 0 Å². The van der Waals surface area contributed by atoms with Crippen LogP contribution in [0.1, 0.15) is 10.6 Å². The lowest BCUT2D eigenvalue weighted by molar-refractivity contribution is 0.0988. The molecule has 0 bridgehead atoms. The summed E-state index contributed by atoms with van der Waals surface area (Å²) in [7, 11) is 3.88. The predicted octanol–water partition coefficient (Wildman–Crippen LogP) is 1.99. The Balaban J connectivity index is 2.14. The molecule has 2 aromatic rings. The number of rotatable bonds is 3. The monoisotopic (exact) mass is 231 g/mol. The Hall–Kier alpha value is -2.30. The van der Waals surface area contributed by atoms with Crippen LogP contribution in [0.2, 0.25) is 0 Å². The molecule has 0 saturated heterocycles. The summed E-state index contributed by atoms with van der Waals surface area (Å²) >= 11 is 0. The van der Waals surface area contributed by atoms with E-state index in [9.17, 15) is 4.79 Å². The summed E-state index contributed by atoms with van der Waals surface area (Å²) in [6, 6.07) is 9.07. The maximum Gasteiger partial charge on any atom is 0.294 e. The second-order valence-electron chi connectivity index (χ2n) is 3.78. The number of nitrogens with zero attached hydrogens (tertiary/aromatic N) is 2. The van der Waals surface area contributed by atoms with Crippen molar-refractivity contribution in [2.75, 3.05) is 24.3 Å². The molecular weight excluding hydrogens is 218 g/mol. The summed E-state index contributed by atoms with van der Waals surface area (Å²) in [6.07, 6.45) is 1.44. The highest BCUT2D eigenvalue weighted by Crippen LogP contribution is 2.17. The molecule has 1 aromatic heterocycles. The molecule has 1 amide bonds. The Kier molecular flexibility index (Phi) is 3.09. The van der Waals surface area contributed by atoms with Crippen molar-refractivity contribution in [1.29, 1.82) is 0 Å². The molecule has 1 aromatic carbocycles. The van der Waals surface area contributed by atoms with Crippen LogP contribution in [0.15, 0.2) is 41.1 Å². The van der Waals surface area contributed by atoms with Crippen LogP contribution >= 0.6 is 0 Å². The van der Waals surface area contributed by atoms with E-state index in [4.69, 9.17) is 4.52 Å². The molecule has 1 N–H and O–H groups in total. The summed E-state index contributed by atoms with van der Waals surface area (Å²) in [6.45, 7) is 0. The summed E-state index contributed by atoms with van der Waals surface area (Å²) in [5.41, 5.74) is 1.73. The van der Waals surface area contributed by atoms with Gasteiger partial charge in [-0.3, -0.25) is 4.79 Å². The van der Waals surface area contributed by atoms with Crippen LogP contribution in [0.5, 0.6) is 0 Å². The molecule has 1 heterocycles. The molecule has 0 aliphatic carbocycles. The van der Waals surface area contributed by atoms with Gasteiger partial charge in [-0.05, 0) is 18.2 Å². The first-order chi connectivity index (χ1) is 8.16. The molecule has 88 valence electrons. The highest BCUT2D eigenvalue weighted by molar-refractivity contribution is 6.02. The Morgan fingerprint density at radius 2 is 2.18 bits per heavy atom. The number of anilines is 2. The summed E-state index contributed by atoms with van der Waals surface area (Å²) in [5, 5.41) is 6.23. The number of carbonyl (C=O) groups excluding carboxylic acids is 1. The van der Waals surface area contributed by atoms with Crippen molar-refractivity contribution in [3.05, 3.63) is 42.3 Å². The predicted molar refractivity (Wildman–Crippen MR) is 65.2 cm³/mol. The third kappa shape index (κ3) is 2.63. The normalized spacial score (nSPS) is 10.0. The van der Waals surface area contributed by atoms with Gasteiger partial charge in [-0.2, -0.15) is 0 Å². The minimum Gasteiger partial charge on any atom is -0.378 e. The van der Waals surface area contributed by atoms with Gasteiger partial charge in [0, 0.05) is 31.5 Å². The van der Waals surface area contributed by atoms with E-state index >= 15 is 0 Å². The van der Waals surface area contributed by atoms with Crippen LogP contribution < -0.4 is 10.2 Å². The molecule has 0 atom stereocenters.